The van der Waals surface area contributed by atoms with E-state index in [1.807, 2.05) is 14.0 Å². The normalized spacial score (nSPS) is 11.5. The molecule has 0 aliphatic carbocycles. The van der Waals surface area contributed by atoms with Gasteiger partial charge in [-0.25, -0.2) is 9.18 Å². The first-order chi connectivity index (χ1) is 13.0. The number of thiophene rings is 1. The molecule has 2 aromatic heterocycles. The quantitative estimate of drug-likeness (QED) is 0.664. The van der Waals surface area contributed by atoms with Crippen LogP contribution in [0.25, 0.3) is 10.2 Å². The lowest BCUT2D eigenvalue weighted by molar-refractivity contribution is 0.0635. The van der Waals surface area contributed by atoms with Gasteiger partial charge in [-0.05, 0) is 52.0 Å². The summed E-state index contributed by atoms with van der Waals surface area (Å²) in [5.41, 5.74) is 0.521. The third-order valence-electron chi connectivity index (χ3n) is 3.79. The summed E-state index contributed by atoms with van der Waals surface area (Å²) in [5, 5.41) is 10.4. The van der Waals surface area contributed by atoms with E-state index in [9.17, 15) is 14.0 Å². The predicted octanol–water partition coefficient (Wildman–Crippen LogP) is 4.68. The molecule has 0 fully saturated rings. The first-order valence-corrected chi connectivity index (χ1v) is 9.39. The maximum absolute atomic E-state index is 13.7. The number of rotatable bonds is 3. The fourth-order valence-corrected chi connectivity index (χ4v) is 3.66. The summed E-state index contributed by atoms with van der Waals surface area (Å²) in [4.78, 5) is 26.0. The molecule has 3 rings (SSSR count). The molecular formula is C19H21FN4O3S. The van der Waals surface area contributed by atoms with Crippen molar-refractivity contribution in [3.05, 3.63) is 40.7 Å². The maximum atomic E-state index is 13.7. The number of amides is 2. The smallest absolute Gasteiger partial charge is 0.412 e. The Labute approximate surface area is 165 Å². The summed E-state index contributed by atoms with van der Waals surface area (Å²) in [5.74, 6) is -0.945. The zero-order valence-corrected chi connectivity index (χ0v) is 17.0. The average Bonchev–Trinajstić information content (AvgIpc) is 3.10. The van der Waals surface area contributed by atoms with Gasteiger partial charge in [-0.1, -0.05) is 0 Å². The Kier molecular flexibility index (Phi) is 5.12. The van der Waals surface area contributed by atoms with Crippen LogP contribution in [0.4, 0.5) is 20.6 Å². The van der Waals surface area contributed by atoms with Crippen LogP contribution < -0.4 is 10.6 Å². The standard InChI is InChI=1S/C19H21FN4O3S/c1-10-12-9-15(28-17(12)24(5)23-10)16(25)21-14-8-11(20)6-7-13(14)22-18(26)27-19(2,3)4/h6-9H,1-5H3,(H,21,25)(H,22,26). The zero-order chi connectivity index (χ0) is 20.6. The highest BCUT2D eigenvalue weighted by Crippen LogP contribution is 2.30. The number of nitrogens with one attached hydrogen (secondary N) is 2. The fraction of sp³-hybridized carbons (Fsp3) is 0.316. The summed E-state index contributed by atoms with van der Waals surface area (Å²) in [7, 11) is 1.81. The van der Waals surface area contributed by atoms with E-state index in [1.165, 1.54) is 23.5 Å². The van der Waals surface area contributed by atoms with Crippen molar-refractivity contribution >= 4 is 44.9 Å². The van der Waals surface area contributed by atoms with Gasteiger partial charge in [-0.2, -0.15) is 5.10 Å². The number of aromatic nitrogens is 2. The van der Waals surface area contributed by atoms with Gasteiger partial charge in [-0.3, -0.25) is 14.8 Å². The molecule has 2 amide bonds. The van der Waals surface area contributed by atoms with Crippen molar-refractivity contribution in [2.45, 2.75) is 33.3 Å². The molecule has 0 radical (unpaired) electrons. The van der Waals surface area contributed by atoms with Crippen LogP contribution in [0, 0.1) is 12.7 Å². The van der Waals surface area contributed by atoms with Gasteiger partial charge < -0.3 is 10.1 Å². The number of carbonyl (C=O) groups is 2. The van der Waals surface area contributed by atoms with E-state index in [2.05, 4.69) is 15.7 Å². The lowest BCUT2D eigenvalue weighted by Crippen LogP contribution is -2.27. The highest BCUT2D eigenvalue weighted by atomic mass is 32.1. The Hall–Kier alpha value is -2.94. The van der Waals surface area contributed by atoms with Gasteiger partial charge >= 0.3 is 6.09 Å². The number of carbonyl (C=O) groups excluding carboxylic acids is 2. The minimum absolute atomic E-state index is 0.142. The summed E-state index contributed by atoms with van der Waals surface area (Å²) in [6.45, 7) is 7.07. The number of ether oxygens (including phenoxy) is 1. The number of fused-ring (bicyclic) bond motifs is 1. The Morgan fingerprint density at radius 2 is 1.89 bits per heavy atom. The van der Waals surface area contributed by atoms with E-state index < -0.39 is 23.4 Å². The number of benzene rings is 1. The van der Waals surface area contributed by atoms with E-state index in [4.69, 9.17) is 4.74 Å². The average molecular weight is 404 g/mol. The van der Waals surface area contributed by atoms with Gasteiger partial charge in [0, 0.05) is 12.4 Å². The van der Waals surface area contributed by atoms with Crippen molar-refractivity contribution in [1.29, 1.82) is 0 Å². The van der Waals surface area contributed by atoms with Gasteiger partial charge in [0.25, 0.3) is 5.91 Å². The molecule has 7 nitrogen and oxygen atoms in total. The second kappa shape index (κ2) is 7.23. The minimum atomic E-state index is -0.696. The number of anilines is 2. The Morgan fingerprint density at radius 1 is 1.18 bits per heavy atom. The van der Waals surface area contributed by atoms with Crippen molar-refractivity contribution in [3.8, 4) is 0 Å². The summed E-state index contributed by atoms with van der Waals surface area (Å²) >= 11 is 1.29. The lowest BCUT2D eigenvalue weighted by Gasteiger charge is -2.20. The van der Waals surface area contributed by atoms with Gasteiger partial charge in [0.05, 0.1) is 21.9 Å². The van der Waals surface area contributed by atoms with Crippen LogP contribution in [0.15, 0.2) is 24.3 Å². The lowest BCUT2D eigenvalue weighted by atomic mass is 10.2. The number of nitrogens with zero attached hydrogens (tertiary/aromatic N) is 2. The largest absolute Gasteiger partial charge is 0.444 e. The van der Waals surface area contributed by atoms with Gasteiger partial charge in [0.15, 0.2) is 0 Å². The molecule has 2 N–H and O–H groups in total. The molecule has 0 atom stereocenters. The molecule has 0 bridgehead atoms. The Balaban J connectivity index is 1.84. The van der Waals surface area contributed by atoms with Crippen molar-refractivity contribution in [2.75, 3.05) is 10.6 Å². The monoisotopic (exact) mass is 404 g/mol. The van der Waals surface area contributed by atoms with E-state index in [1.54, 1.807) is 31.5 Å². The Bertz CT molecular complexity index is 1030. The molecule has 0 saturated carbocycles. The first-order valence-electron chi connectivity index (χ1n) is 8.57. The number of hydrogen-bond acceptors (Lipinski definition) is 5. The number of hydrogen-bond donors (Lipinski definition) is 2. The second-order valence-corrected chi connectivity index (χ2v) is 8.34. The number of aryl methyl sites for hydroxylation is 2. The molecule has 0 unspecified atom stereocenters. The molecule has 1 aromatic carbocycles. The Morgan fingerprint density at radius 3 is 2.54 bits per heavy atom. The molecule has 9 heteroatoms. The SMILES string of the molecule is Cc1nn(C)c2sc(C(=O)Nc3cc(F)ccc3NC(=O)OC(C)(C)C)cc12. The number of halogens is 1. The molecule has 2 heterocycles. The summed E-state index contributed by atoms with van der Waals surface area (Å²) in [6.07, 6.45) is -0.696. The topological polar surface area (TPSA) is 85.3 Å². The van der Waals surface area contributed by atoms with Crippen LogP contribution in [-0.4, -0.2) is 27.4 Å². The first kappa shape index (κ1) is 19.8. The van der Waals surface area contributed by atoms with Crippen LogP contribution >= 0.6 is 11.3 Å². The molecule has 3 aromatic rings. The van der Waals surface area contributed by atoms with Crippen LogP contribution in [0.5, 0.6) is 0 Å². The highest BCUT2D eigenvalue weighted by molar-refractivity contribution is 7.20. The van der Waals surface area contributed by atoms with Crippen LogP contribution in [0.1, 0.15) is 36.1 Å². The van der Waals surface area contributed by atoms with Gasteiger partial charge in [0.2, 0.25) is 0 Å². The van der Waals surface area contributed by atoms with Gasteiger partial charge in [-0.15, -0.1) is 11.3 Å². The molecule has 0 aliphatic heterocycles. The van der Waals surface area contributed by atoms with E-state index >= 15 is 0 Å². The van der Waals surface area contributed by atoms with Crippen LogP contribution in [-0.2, 0) is 11.8 Å². The van der Waals surface area contributed by atoms with Crippen molar-refractivity contribution in [3.63, 3.8) is 0 Å². The van der Waals surface area contributed by atoms with Crippen molar-refractivity contribution in [2.24, 2.45) is 7.05 Å². The fourth-order valence-electron chi connectivity index (χ4n) is 2.64. The maximum Gasteiger partial charge on any atom is 0.412 e. The molecule has 148 valence electrons. The third kappa shape index (κ3) is 4.30. The predicted molar refractivity (Wildman–Crippen MR) is 108 cm³/mol. The van der Waals surface area contributed by atoms with Crippen LogP contribution in [0.2, 0.25) is 0 Å². The third-order valence-corrected chi connectivity index (χ3v) is 4.99. The molecule has 0 saturated heterocycles. The molecule has 28 heavy (non-hydrogen) atoms. The van der Waals surface area contributed by atoms with E-state index in [0.717, 1.165) is 22.0 Å². The molecule has 0 spiro atoms. The van der Waals surface area contributed by atoms with E-state index in [-0.39, 0.29) is 11.4 Å². The zero-order valence-electron chi connectivity index (χ0n) is 16.2. The summed E-state index contributed by atoms with van der Waals surface area (Å²) in [6, 6.07) is 5.45. The second-order valence-electron chi connectivity index (χ2n) is 7.31. The van der Waals surface area contributed by atoms with E-state index in [0.29, 0.717) is 4.88 Å². The summed E-state index contributed by atoms with van der Waals surface area (Å²) < 4.78 is 20.6. The van der Waals surface area contributed by atoms with Crippen molar-refractivity contribution in [1.82, 2.24) is 9.78 Å². The molecular weight excluding hydrogens is 383 g/mol. The van der Waals surface area contributed by atoms with Crippen molar-refractivity contribution < 1.29 is 18.7 Å². The minimum Gasteiger partial charge on any atom is -0.444 e. The molecule has 0 aliphatic rings. The highest BCUT2D eigenvalue weighted by Gasteiger charge is 2.20. The van der Waals surface area contributed by atoms with Gasteiger partial charge in [0.1, 0.15) is 16.2 Å². The van der Waals surface area contributed by atoms with Crippen LogP contribution in [0.3, 0.4) is 0 Å².